The summed E-state index contributed by atoms with van der Waals surface area (Å²) in [5.41, 5.74) is 1.20. The van der Waals surface area contributed by atoms with Gasteiger partial charge in [-0.15, -0.1) is 0 Å². The molecule has 2 amide bonds. The van der Waals surface area contributed by atoms with E-state index in [9.17, 15) is 9.59 Å². The average molecular weight is 411 g/mol. The summed E-state index contributed by atoms with van der Waals surface area (Å²) < 4.78 is 5.28. The molecule has 0 spiro atoms. The number of carbonyl (C=O) groups is 2. The largest absolute Gasteiger partial charge is 0.360 e. The van der Waals surface area contributed by atoms with Crippen LogP contribution in [0.1, 0.15) is 16.1 Å². The predicted octanol–water partition coefficient (Wildman–Crippen LogP) is 2.46. The maximum absolute atomic E-state index is 13.1. The fourth-order valence-corrected chi connectivity index (χ4v) is 3.64. The van der Waals surface area contributed by atoms with Crippen molar-refractivity contribution >= 4 is 35.0 Å². The number of nitrogens with zero attached hydrogens (tertiary/aromatic N) is 3. The Morgan fingerprint density at radius 3 is 2.41 bits per heavy atom. The van der Waals surface area contributed by atoms with Crippen LogP contribution in [-0.2, 0) is 4.79 Å². The molecule has 1 aromatic carbocycles. The first kappa shape index (κ1) is 19.7. The molecule has 0 unspecified atom stereocenters. The summed E-state index contributed by atoms with van der Waals surface area (Å²) in [4.78, 5) is 28.4. The average Bonchev–Trinajstić information content (AvgIpc) is 3.02. The van der Waals surface area contributed by atoms with E-state index in [1.54, 1.807) is 37.1 Å². The molecule has 144 valence electrons. The molecule has 9 heteroatoms. The third-order valence-corrected chi connectivity index (χ3v) is 5.21. The van der Waals surface area contributed by atoms with Crippen LogP contribution in [0, 0.1) is 6.92 Å². The first-order chi connectivity index (χ1) is 12.9. The van der Waals surface area contributed by atoms with E-state index < -0.39 is 0 Å². The van der Waals surface area contributed by atoms with Crippen LogP contribution in [-0.4, -0.2) is 66.5 Å². The molecular weight excluding hydrogens is 391 g/mol. The van der Waals surface area contributed by atoms with Crippen molar-refractivity contribution in [1.82, 2.24) is 20.3 Å². The van der Waals surface area contributed by atoms with Crippen molar-refractivity contribution < 1.29 is 14.1 Å². The summed E-state index contributed by atoms with van der Waals surface area (Å²) in [6.07, 6.45) is 0. The number of hydrogen-bond donors (Lipinski definition) is 1. The van der Waals surface area contributed by atoms with Gasteiger partial charge < -0.3 is 14.7 Å². The van der Waals surface area contributed by atoms with Gasteiger partial charge in [0.25, 0.3) is 5.91 Å². The number of likely N-dealkylation sites (N-methyl/N-ethyl adjacent to an activating group) is 1. The summed E-state index contributed by atoms with van der Waals surface area (Å²) in [6, 6.07) is 5.12. The molecule has 0 bridgehead atoms. The van der Waals surface area contributed by atoms with Gasteiger partial charge in [-0.1, -0.05) is 34.4 Å². The molecule has 1 fully saturated rings. The Bertz CT molecular complexity index is 840. The van der Waals surface area contributed by atoms with E-state index in [2.05, 4.69) is 10.5 Å². The first-order valence-corrected chi connectivity index (χ1v) is 9.30. The Morgan fingerprint density at radius 1 is 1.19 bits per heavy atom. The van der Waals surface area contributed by atoms with Crippen molar-refractivity contribution in [3.8, 4) is 11.3 Å². The molecule has 0 atom stereocenters. The summed E-state index contributed by atoms with van der Waals surface area (Å²) >= 11 is 12.6. The van der Waals surface area contributed by atoms with Crippen LogP contribution in [0.2, 0.25) is 10.0 Å². The van der Waals surface area contributed by atoms with E-state index in [4.69, 9.17) is 27.7 Å². The molecule has 1 aliphatic heterocycles. The van der Waals surface area contributed by atoms with Gasteiger partial charge in [0.15, 0.2) is 0 Å². The highest BCUT2D eigenvalue weighted by Crippen LogP contribution is 2.37. The highest BCUT2D eigenvalue weighted by atomic mass is 35.5. The van der Waals surface area contributed by atoms with Gasteiger partial charge in [0, 0.05) is 38.8 Å². The molecule has 7 nitrogen and oxygen atoms in total. The van der Waals surface area contributed by atoms with E-state index in [0.29, 0.717) is 65.4 Å². The van der Waals surface area contributed by atoms with Gasteiger partial charge >= 0.3 is 0 Å². The maximum atomic E-state index is 13.1. The number of carbonyl (C=O) groups excluding carboxylic acids is 2. The summed E-state index contributed by atoms with van der Waals surface area (Å²) in [5.74, 6) is 0.193. The number of nitrogens with one attached hydrogen (secondary N) is 1. The van der Waals surface area contributed by atoms with Crippen LogP contribution in [0.3, 0.4) is 0 Å². The lowest BCUT2D eigenvalue weighted by molar-refractivity contribution is -0.122. The van der Waals surface area contributed by atoms with Crippen LogP contribution in [0.4, 0.5) is 0 Å². The number of piperazine rings is 1. The van der Waals surface area contributed by atoms with Crippen molar-refractivity contribution in [3.63, 3.8) is 0 Å². The number of hydrogen-bond acceptors (Lipinski definition) is 5. The molecule has 2 heterocycles. The second-order valence-electron chi connectivity index (χ2n) is 6.30. The van der Waals surface area contributed by atoms with Crippen LogP contribution < -0.4 is 5.32 Å². The summed E-state index contributed by atoms with van der Waals surface area (Å²) in [7, 11) is 1.61. The SMILES string of the molecule is CNC(=O)CN1CCN(C(=O)c2c(-c3c(Cl)cccc3Cl)noc2C)CC1. The maximum Gasteiger partial charge on any atom is 0.259 e. The Morgan fingerprint density at radius 2 is 1.81 bits per heavy atom. The van der Waals surface area contributed by atoms with Crippen LogP contribution in [0.25, 0.3) is 11.3 Å². The monoisotopic (exact) mass is 410 g/mol. The summed E-state index contributed by atoms with van der Waals surface area (Å²) in [5, 5.41) is 7.45. The molecule has 1 aromatic heterocycles. The van der Waals surface area contributed by atoms with Crippen LogP contribution in [0.5, 0.6) is 0 Å². The van der Waals surface area contributed by atoms with Gasteiger partial charge in [-0.3, -0.25) is 14.5 Å². The topological polar surface area (TPSA) is 78.7 Å². The van der Waals surface area contributed by atoms with Crippen molar-refractivity contribution in [1.29, 1.82) is 0 Å². The fourth-order valence-electron chi connectivity index (χ4n) is 3.07. The van der Waals surface area contributed by atoms with Gasteiger partial charge in [0.1, 0.15) is 17.0 Å². The normalized spacial score (nSPS) is 15.0. The van der Waals surface area contributed by atoms with Crippen LogP contribution >= 0.6 is 23.2 Å². The highest BCUT2D eigenvalue weighted by molar-refractivity contribution is 6.39. The zero-order valence-electron chi connectivity index (χ0n) is 15.1. The zero-order valence-corrected chi connectivity index (χ0v) is 16.6. The van der Waals surface area contributed by atoms with Crippen LogP contribution in [0.15, 0.2) is 22.7 Å². The van der Waals surface area contributed by atoms with E-state index in [1.165, 1.54) is 0 Å². The standard InChI is InChI=1S/C18H20Cl2N4O3/c1-11-15(17(22-27-11)16-12(19)4-3-5-13(16)20)18(26)24-8-6-23(7-9-24)10-14(25)21-2/h3-5H,6-10H2,1-2H3,(H,21,25). The molecule has 1 saturated heterocycles. The molecule has 1 N–H and O–H groups in total. The fraction of sp³-hybridized carbons (Fsp3) is 0.389. The molecule has 1 aliphatic rings. The van der Waals surface area contributed by atoms with E-state index in [-0.39, 0.29) is 11.8 Å². The highest BCUT2D eigenvalue weighted by Gasteiger charge is 2.30. The molecule has 0 aliphatic carbocycles. The Labute approximate surface area is 167 Å². The molecule has 27 heavy (non-hydrogen) atoms. The molecule has 0 radical (unpaired) electrons. The number of aryl methyl sites for hydroxylation is 1. The van der Waals surface area contributed by atoms with Crippen molar-refractivity contribution in [2.24, 2.45) is 0 Å². The Hall–Kier alpha value is -2.09. The first-order valence-electron chi connectivity index (χ1n) is 8.55. The molecular formula is C18H20Cl2N4O3. The predicted molar refractivity (Wildman–Crippen MR) is 103 cm³/mol. The zero-order chi connectivity index (χ0) is 19.6. The van der Waals surface area contributed by atoms with Crippen molar-refractivity contribution in [2.75, 3.05) is 39.8 Å². The van der Waals surface area contributed by atoms with Gasteiger partial charge in [-0.25, -0.2) is 0 Å². The minimum atomic E-state index is -0.181. The van der Waals surface area contributed by atoms with Crippen molar-refractivity contribution in [3.05, 3.63) is 39.6 Å². The third kappa shape index (κ3) is 4.10. The minimum Gasteiger partial charge on any atom is -0.360 e. The van der Waals surface area contributed by atoms with Gasteiger partial charge in [-0.05, 0) is 19.1 Å². The van der Waals surface area contributed by atoms with E-state index in [1.807, 2.05) is 4.90 Å². The van der Waals surface area contributed by atoms with E-state index >= 15 is 0 Å². The minimum absolute atomic E-state index is 0.0414. The Balaban J connectivity index is 1.81. The van der Waals surface area contributed by atoms with E-state index in [0.717, 1.165) is 0 Å². The molecule has 2 aromatic rings. The molecule has 0 saturated carbocycles. The smallest absolute Gasteiger partial charge is 0.259 e. The number of halogens is 2. The quantitative estimate of drug-likeness (QED) is 0.837. The number of rotatable bonds is 4. The van der Waals surface area contributed by atoms with Gasteiger partial charge in [-0.2, -0.15) is 0 Å². The number of amides is 2. The van der Waals surface area contributed by atoms with Gasteiger partial charge in [0.2, 0.25) is 5.91 Å². The number of benzene rings is 1. The number of aromatic nitrogens is 1. The lowest BCUT2D eigenvalue weighted by atomic mass is 10.0. The summed E-state index contributed by atoms with van der Waals surface area (Å²) in [6.45, 7) is 4.27. The second-order valence-corrected chi connectivity index (χ2v) is 7.11. The lowest BCUT2D eigenvalue weighted by Gasteiger charge is -2.34. The Kier molecular flexibility index (Phi) is 6.04. The van der Waals surface area contributed by atoms with Gasteiger partial charge in [0.05, 0.1) is 16.6 Å². The lowest BCUT2D eigenvalue weighted by Crippen LogP contribution is -2.51. The second kappa shape index (κ2) is 8.29. The third-order valence-electron chi connectivity index (χ3n) is 4.58. The molecule has 3 rings (SSSR count). The van der Waals surface area contributed by atoms with Crippen molar-refractivity contribution in [2.45, 2.75) is 6.92 Å².